The highest BCUT2D eigenvalue weighted by atomic mass is 32.1. The van der Waals surface area contributed by atoms with E-state index in [4.69, 9.17) is 0 Å². The smallest absolute Gasteiger partial charge is 0.293 e. The van der Waals surface area contributed by atoms with Crippen LogP contribution in [0.25, 0.3) is 0 Å². The third-order valence-electron chi connectivity index (χ3n) is 2.70. The molecule has 0 aliphatic rings. The molecule has 1 atom stereocenters. The number of aromatic nitrogens is 3. The summed E-state index contributed by atoms with van der Waals surface area (Å²) in [7, 11) is 1.71. The van der Waals surface area contributed by atoms with Crippen LogP contribution in [0.2, 0.25) is 0 Å². The Balaban J connectivity index is 2.27. The fraction of sp³-hybridized carbons (Fsp3) is 0.417. The molecule has 0 aliphatic heterocycles. The molecule has 0 radical (unpaired) electrons. The number of hydrogen-bond donors (Lipinski definition) is 1. The van der Waals surface area contributed by atoms with Gasteiger partial charge in [-0.25, -0.2) is 9.97 Å². The fourth-order valence-corrected chi connectivity index (χ4v) is 2.75. The number of hydrogen-bond acceptors (Lipinski definition) is 5. The summed E-state index contributed by atoms with van der Waals surface area (Å²) in [6.07, 6.45) is 3.25. The van der Waals surface area contributed by atoms with Gasteiger partial charge < -0.3 is 9.88 Å². The van der Waals surface area contributed by atoms with Crippen LogP contribution >= 0.6 is 11.3 Å². The zero-order valence-corrected chi connectivity index (χ0v) is 11.7. The molecule has 2 heterocycles. The molecule has 0 aliphatic carbocycles. The average Bonchev–Trinajstić information content (AvgIpc) is 2.64. The molecule has 2 rings (SSSR count). The van der Waals surface area contributed by atoms with Gasteiger partial charge in [0, 0.05) is 24.3 Å². The zero-order chi connectivity index (χ0) is 13.3. The van der Waals surface area contributed by atoms with E-state index in [1.807, 2.05) is 20.8 Å². The van der Waals surface area contributed by atoms with Crippen LogP contribution in [0.5, 0.6) is 0 Å². The van der Waals surface area contributed by atoms with Crippen LogP contribution in [-0.4, -0.2) is 14.5 Å². The Morgan fingerprint density at radius 3 is 2.78 bits per heavy atom. The Kier molecular flexibility index (Phi) is 3.47. The summed E-state index contributed by atoms with van der Waals surface area (Å²) in [6.45, 7) is 5.97. The second-order valence-corrected chi connectivity index (χ2v) is 5.48. The molecule has 96 valence electrons. The Morgan fingerprint density at radius 1 is 1.44 bits per heavy atom. The average molecular weight is 264 g/mol. The minimum Gasteiger partial charge on any atom is -0.358 e. The highest BCUT2D eigenvalue weighted by Crippen LogP contribution is 2.26. The lowest BCUT2D eigenvalue weighted by Gasteiger charge is -2.13. The molecule has 2 aromatic heterocycles. The van der Waals surface area contributed by atoms with Crippen LogP contribution in [0.1, 0.15) is 28.5 Å². The summed E-state index contributed by atoms with van der Waals surface area (Å²) >= 11 is 1.64. The number of thiazole rings is 1. The van der Waals surface area contributed by atoms with E-state index in [0.29, 0.717) is 5.82 Å². The highest BCUT2D eigenvalue weighted by Gasteiger charge is 2.14. The van der Waals surface area contributed by atoms with Gasteiger partial charge in [0.1, 0.15) is 0 Å². The van der Waals surface area contributed by atoms with Crippen molar-refractivity contribution in [1.29, 1.82) is 0 Å². The van der Waals surface area contributed by atoms with E-state index in [9.17, 15) is 4.79 Å². The third-order valence-corrected chi connectivity index (χ3v) is 3.96. The quantitative estimate of drug-likeness (QED) is 0.921. The van der Waals surface area contributed by atoms with Gasteiger partial charge in [-0.2, -0.15) is 0 Å². The van der Waals surface area contributed by atoms with Crippen LogP contribution in [-0.2, 0) is 7.05 Å². The van der Waals surface area contributed by atoms with E-state index in [2.05, 4.69) is 15.3 Å². The third kappa shape index (κ3) is 2.43. The summed E-state index contributed by atoms with van der Waals surface area (Å²) in [4.78, 5) is 21.5. The molecule has 0 saturated heterocycles. The first-order valence-corrected chi connectivity index (χ1v) is 6.52. The largest absolute Gasteiger partial charge is 0.358 e. The van der Waals surface area contributed by atoms with Crippen molar-refractivity contribution in [2.75, 3.05) is 5.32 Å². The molecule has 0 bridgehead atoms. The number of nitrogens with one attached hydrogen (secondary N) is 1. The van der Waals surface area contributed by atoms with Crippen molar-refractivity contribution in [3.8, 4) is 0 Å². The van der Waals surface area contributed by atoms with E-state index in [-0.39, 0.29) is 11.6 Å². The summed E-state index contributed by atoms with van der Waals surface area (Å²) in [5.74, 6) is 0.373. The number of anilines is 1. The SMILES string of the molecule is Cc1nc(C)c(C(C)Nc2nccn(C)c2=O)s1. The van der Waals surface area contributed by atoms with Crippen LogP contribution in [0, 0.1) is 13.8 Å². The van der Waals surface area contributed by atoms with Gasteiger partial charge in [-0.1, -0.05) is 0 Å². The first-order chi connectivity index (χ1) is 8.49. The van der Waals surface area contributed by atoms with Gasteiger partial charge in [-0.05, 0) is 20.8 Å². The minimum atomic E-state index is -0.122. The summed E-state index contributed by atoms with van der Waals surface area (Å²) in [6, 6.07) is 0.0267. The van der Waals surface area contributed by atoms with E-state index >= 15 is 0 Å². The molecule has 18 heavy (non-hydrogen) atoms. The summed E-state index contributed by atoms with van der Waals surface area (Å²) in [5, 5.41) is 4.18. The van der Waals surface area contributed by atoms with Crippen molar-refractivity contribution in [3.63, 3.8) is 0 Å². The van der Waals surface area contributed by atoms with Gasteiger partial charge in [0.15, 0.2) is 5.82 Å². The van der Waals surface area contributed by atoms with Crippen molar-refractivity contribution >= 4 is 17.2 Å². The Labute approximate surface area is 110 Å². The molecule has 0 saturated carbocycles. The van der Waals surface area contributed by atoms with E-state index in [1.165, 1.54) is 4.57 Å². The van der Waals surface area contributed by atoms with E-state index in [1.54, 1.807) is 30.8 Å². The molecule has 2 aromatic rings. The van der Waals surface area contributed by atoms with Gasteiger partial charge in [0.25, 0.3) is 5.56 Å². The van der Waals surface area contributed by atoms with Crippen molar-refractivity contribution in [1.82, 2.24) is 14.5 Å². The van der Waals surface area contributed by atoms with Crippen molar-refractivity contribution < 1.29 is 0 Å². The standard InChI is InChI=1S/C12H16N4OS/c1-7-10(18-9(3)14-7)8(2)15-11-12(17)16(4)6-5-13-11/h5-6,8H,1-4H3,(H,13,15). The lowest BCUT2D eigenvalue weighted by atomic mass is 10.2. The van der Waals surface area contributed by atoms with E-state index in [0.717, 1.165) is 15.6 Å². The van der Waals surface area contributed by atoms with Crippen LogP contribution in [0.3, 0.4) is 0 Å². The molecule has 6 heteroatoms. The maximum absolute atomic E-state index is 11.9. The van der Waals surface area contributed by atoms with Crippen molar-refractivity contribution in [3.05, 3.63) is 38.3 Å². The van der Waals surface area contributed by atoms with Gasteiger partial charge in [0.05, 0.1) is 16.7 Å². The van der Waals surface area contributed by atoms with Crippen molar-refractivity contribution in [2.45, 2.75) is 26.8 Å². The maximum Gasteiger partial charge on any atom is 0.293 e. The first-order valence-electron chi connectivity index (χ1n) is 5.71. The summed E-state index contributed by atoms with van der Waals surface area (Å²) < 4.78 is 1.51. The van der Waals surface area contributed by atoms with Gasteiger partial charge in [0.2, 0.25) is 0 Å². The molecule has 0 aromatic carbocycles. The topological polar surface area (TPSA) is 59.8 Å². The second kappa shape index (κ2) is 4.89. The molecular weight excluding hydrogens is 248 g/mol. The van der Waals surface area contributed by atoms with Crippen LogP contribution in [0.4, 0.5) is 5.82 Å². The van der Waals surface area contributed by atoms with Crippen molar-refractivity contribution in [2.24, 2.45) is 7.05 Å². The Bertz CT molecular complexity index is 617. The lowest BCUT2D eigenvalue weighted by molar-refractivity contribution is 0.816. The van der Waals surface area contributed by atoms with Gasteiger partial charge in [-0.15, -0.1) is 11.3 Å². The molecule has 0 fully saturated rings. The first kappa shape index (κ1) is 12.8. The van der Waals surface area contributed by atoms with Gasteiger partial charge in [-0.3, -0.25) is 4.79 Å². The molecule has 1 unspecified atom stereocenters. The Hall–Kier alpha value is -1.69. The summed E-state index contributed by atoms with van der Waals surface area (Å²) in [5.41, 5.74) is 0.883. The monoisotopic (exact) mass is 264 g/mol. The number of rotatable bonds is 3. The van der Waals surface area contributed by atoms with Crippen LogP contribution < -0.4 is 10.9 Å². The predicted octanol–water partition coefficient (Wildman–Crippen LogP) is 2.03. The molecule has 1 N–H and O–H groups in total. The molecule has 0 amide bonds. The fourth-order valence-electron chi connectivity index (χ4n) is 1.82. The molecular formula is C12H16N4OS. The van der Waals surface area contributed by atoms with Crippen LogP contribution in [0.15, 0.2) is 17.2 Å². The maximum atomic E-state index is 11.9. The predicted molar refractivity (Wildman–Crippen MR) is 73.1 cm³/mol. The normalized spacial score (nSPS) is 12.4. The number of nitrogens with zero attached hydrogens (tertiary/aromatic N) is 3. The Morgan fingerprint density at radius 2 is 2.17 bits per heavy atom. The molecule has 0 spiro atoms. The second-order valence-electron chi connectivity index (χ2n) is 4.24. The number of aryl methyl sites for hydroxylation is 3. The lowest BCUT2D eigenvalue weighted by Crippen LogP contribution is -2.23. The minimum absolute atomic E-state index is 0.0267. The van der Waals surface area contributed by atoms with E-state index < -0.39 is 0 Å². The zero-order valence-electron chi connectivity index (χ0n) is 10.9. The highest BCUT2D eigenvalue weighted by molar-refractivity contribution is 7.11. The van der Waals surface area contributed by atoms with Gasteiger partial charge >= 0.3 is 0 Å². The molecule has 5 nitrogen and oxygen atoms in total.